The number of aryl methyl sites for hydroxylation is 1. The molecule has 0 N–H and O–H groups in total. The summed E-state index contributed by atoms with van der Waals surface area (Å²) >= 11 is 13.3. The second-order valence-electron chi connectivity index (χ2n) is 3.21. The molecule has 0 atom stereocenters. The molecule has 0 saturated heterocycles. The lowest BCUT2D eigenvalue weighted by atomic mass is 10.1. The molecule has 0 amide bonds. The third-order valence-corrected chi connectivity index (χ3v) is 3.76. The first-order valence-electron chi connectivity index (χ1n) is 4.48. The predicted octanol–water partition coefficient (Wildman–Crippen LogP) is 4.51. The van der Waals surface area contributed by atoms with Crippen LogP contribution in [0, 0.1) is 6.92 Å². The molecule has 0 aliphatic carbocycles. The Bertz CT molecular complexity index is 479. The average Bonchev–Trinajstić information content (AvgIpc) is 2.66. The Labute approximate surface area is 103 Å². The third kappa shape index (κ3) is 2.33. The van der Waals surface area contributed by atoms with Crippen LogP contribution >= 0.6 is 34.5 Å². The first kappa shape index (κ1) is 10.9. The molecule has 0 aromatic carbocycles. The standard InChI is InChI=1S/C11H9Cl2NS/c1-7-8(5-12)4-9(6-14-7)10-2-3-11(13)15-10/h2-4,6H,5H2,1H3. The van der Waals surface area contributed by atoms with Crippen molar-refractivity contribution in [3.8, 4) is 10.4 Å². The number of halogens is 2. The summed E-state index contributed by atoms with van der Waals surface area (Å²) < 4.78 is 0.790. The van der Waals surface area contributed by atoms with E-state index in [1.165, 1.54) is 0 Å². The zero-order chi connectivity index (χ0) is 10.8. The SMILES string of the molecule is Cc1ncc(-c2ccc(Cl)s2)cc1CCl. The summed E-state index contributed by atoms with van der Waals surface area (Å²) in [6.07, 6.45) is 1.85. The van der Waals surface area contributed by atoms with Crippen molar-refractivity contribution in [3.63, 3.8) is 0 Å². The number of alkyl halides is 1. The molecule has 0 spiro atoms. The van der Waals surface area contributed by atoms with Gasteiger partial charge in [0.05, 0.1) is 4.34 Å². The van der Waals surface area contributed by atoms with Crippen molar-refractivity contribution >= 4 is 34.5 Å². The largest absolute Gasteiger partial charge is 0.261 e. The lowest BCUT2D eigenvalue weighted by molar-refractivity contribution is 1.14. The fourth-order valence-electron chi connectivity index (χ4n) is 1.32. The van der Waals surface area contributed by atoms with Crippen molar-refractivity contribution in [2.75, 3.05) is 0 Å². The van der Waals surface area contributed by atoms with Gasteiger partial charge >= 0.3 is 0 Å². The Balaban J connectivity index is 2.45. The monoisotopic (exact) mass is 257 g/mol. The summed E-state index contributed by atoms with van der Waals surface area (Å²) in [4.78, 5) is 5.44. The minimum Gasteiger partial charge on any atom is -0.261 e. The second-order valence-corrected chi connectivity index (χ2v) is 5.19. The predicted molar refractivity (Wildman–Crippen MR) is 66.9 cm³/mol. The van der Waals surface area contributed by atoms with E-state index in [0.29, 0.717) is 5.88 Å². The molecule has 78 valence electrons. The Morgan fingerprint density at radius 1 is 1.40 bits per heavy atom. The summed E-state index contributed by atoms with van der Waals surface area (Å²) in [6.45, 7) is 1.96. The highest BCUT2D eigenvalue weighted by molar-refractivity contribution is 7.19. The normalized spacial score (nSPS) is 10.6. The zero-order valence-electron chi connectivity index (χ0n) is 8.13. The lowest BCUT2D eigenvalue weighted by Crippen LogP contribution is -1.89. The number of hydrogen-bond acceptors (Lipinski definition) is 2. The van der Waals surface area contributed by atoms with E-state index in [-0.39, 0.29) is 0 Å². The Hall–Kier alpha value is -0.570. The van der Waals surface area contributed by atoms with Crippen LogP contribution in [-0.2, 0) is 5.88 Å². The quantitative estimate of drug-likeness (QED) is 0.722. The Morgan fingerprint density at radius 3 is 2.80 bits per heavy atom. The van der Waals surface area contributed by atoms with Gasteiger partial charge in [-0.05, 0) is 30.7 Å². The highest BCUT2D eigenvalue weighted by Crippen LogP contribution is 2.31. The molecule has 2 heterocycles. The topological polar surface area (TPSA) is 12.9 Å². The second kappa shape index (κ2) is 4.52. The van der Waals surface area contributed by atoms with Gasteiger partial charge in [-0.1, -0.05) is 11.6 Å². The van der Waals surface area contributed by atoms with Crippen molar-refractivity contribution in [1.82, 2.24) is 4.98 Å². The van der Waals surface area contributed by atoms with E-state index in [1.54, 1.807) is 11.3 Å². The van der Waals surface area contributed by atoms with Crippen molar-refractivity contribution in [1.29, 1.82) is 0 Å². The summed E-state index contributed by atoms with van der Waals surface area (Å²) in [5.41, 5.74) is 3.13. The number of rotatable bonds is 2. The summed E-state index contributed by atoms with van der Waals surface area (Å²) in [5, 5.41) is 0. The van der Waals surface area contributed by atoms with Crippen LogP contribution in [0.25, 0.3) is 10.4 Å². The summed E-state index contributed by atoms with van der Waals surface area (Å²) in [7, 11) is 0. The molecule has 4 heteroatoms. The van der Waals surface area contributed by atoms with Gasteiger partial charge in [0.15, 0.2) is 0 Å². The van der Waals surface area contributed by atoms with Crippen molar-refractivity contribution < 1.29 is 0 Å². The van der Waals surface area contributed by atoms with Gasteiger partial charge in [0.25, 0.3) is 0 Å². The van der Waals surface area contributed by atoms with E-state index in [0.717, 1.165) is 26.0 Å². The summed E-state index contributed by atoms with van der Waals surface area (Å²) in [5.74, 6) is 0.492. The Morgan fingerprint density at radius 2 is 2.20 bits per heavy atom. The fourth-order valence-corrected chi connectivity index (χ4v) is 2.61. The minimum absolute atomic E-state index is 0.492. The molecule has 0 aliphatic heterocycles. The molecule has 1 nitrogen and oxygen atoms in total. The first-order valence-corrected chi connectivity index (χ1v) is 6.21. The maximum absolute atomic E-state index is 5.89. The highest BCUT2D eigenvalue weighted by atomic mass is 35.5. The van der Waals surface area contributed by atoms with Gasteiger partial charge in [0, 0.05) is 28.2 Å². The van der Waals surface area contributed by atoms with Crippen LogP contribution in [-0.4, -0.2) is 4.98 Å². The van der Waals surface area contributed by atoms with E-state index in [1.807, 2.05) is 25.3 Å². The third-order valence-electron chi connectivity index (χ3n) is 2.19. The molecular formula is C11H9Cl2NS. The summed E-state index contributed by atoms with van der Waals surface area (Å²) in [6, 6.07) is 5.95. The molecule has 0 fully saturated rings. The molecule has 15 heavy (non-hydrogen) atoms. The van der Waals surface area contributed by atoms with Crippen LogP contribution in [0.1, 0.15) is 11.3 Å². The van der Waals surface area contributed by atoms with Crippen molar-refractivity contribution in [2.24, 2.45) is 0 Å². The maximum atomic E-state index is 5.89. The Kier molecular flexibility index (Phi) is 3.29. The van der Waals surface area contributed by atoms with E-state index in [2.05, 4.69) is 11.1 Å². The molecule has 0 bridgehead atoms. The molecule has 2 aromatic heterocycles. The van der Waals surface area contributed by atoms with E-state index in [4.69, 9.17) is 23.2 Å². The van der Waals surface area contributed by atoms with Crippen molar-refractivity contribution in [2.45, 2.75) is 12.8 Å². The minimum atomic E-state index is 0.492. The van der Waals surface area contributed by atoms with Crippen LogP contribution in [0.15, 0.2) is 24.4 Å². The van der Waals surface area contributed by atoms with Crippen LogP contribution < -0.4 is 0 Å². The zero-order valence-corrected chi connectivity index (χ0v) is 10.5. The maximum Gasteiger partial charge on any atom is 0.0934 e. The van der Waals surface area contributed by atoms with Crippen LogP contribution in [0.4, 0.5) is 0 Å². The smallest absolute Gasteiger partial charge is 0.0934 e. The van der Waals surface area contributed by atoms with Gasteiger partial charge in [-0.15, -0.1) is 22.9 Å². The van der Waals surface area contributed by atoms with Gasteiger partial charge in [-0.25, -0.2) is 0 Å². The molecule has 2 rings (SSSR count). The van der Waals surface area contributed by atoms with E-state index < -0.39 is 0 Å². The number of pyridine rings is 1. The molecule has 0 radical (unpaired) electrons. The van der Waals surface area contributed by atoms with Crippen LogP contribution in [0.2, 0.25) is 4.34 Å². The number of aromatic nitrogens is 1. The average molecular weight is 258 g/mol. The molecular weight excluding hydrogens is 249 g/mol. The number of thiophene rings is 1. The molecule has 0 unspecified atom stereocenters. The van der Waals surface area contributed by atoms with Crippen LogP contribution in [0.3, 0.4) is 0 Å². The van der Waals surface area contributed by atoms with Gasteiger partial charge in [-0.2, -0.15) is 0 Å². The van der Waals surface area contributed by atoms with Crippen molar-refractivity contribution in [3.05, 3.63) is 40.0 Å². The van der Waals surface area contributed by atoms with Gasteiger partial charge in [-0.3, -0.25) is 4.98 Å². The van der Waals surface area contributed by atoms with E-state index >= 15 is 0 Å². The fraction of sp³-hybridized carbons (Fsp3) is 0.182. The molecule has 0 aliphatic rings. The van der Waals surface area contributed by atoms with Crippen LogP contribution in [0.5, 0.6) is 0 Å². The number of hydrogen-bond donors (Lipinski definition) is 0. The van der Waals surface area contributed by atoms with Gasteiger partial charge < -0.3 is 0 Å². The highest BCUT2D eigenvalue weighted by Gasteiger charge is 2.05. The van der Waals surface area contributed by atoms with Gasteiger partial charge in [0.2, 0.25) is 0 Å². The molecule has 2 aromatic rings. The van der Waals surface area contributed by atoms with Gasteiger partial charge in [0.1, 0.15) is 0 Å². The first-order chi connectivity index (χ1) is 7.20. The lowest BCUT2D eigenvalue weighted by Gasteiger charge is -2.03. The van der Waals surface area contributed by atoms with E-state index in [9.17, 15) is 0 Å². The number of nitrogens with zero attached hydrogens (tertiary/aromatic N) is 1. The molecule has 0 saturated carbocycles.